The number of nitrogens with one attached hydrogen (secondary N) is 1. The Bertz CT molecular complexity index is 711. The Labute approximate surface area is 113 Å². The number of aromatic nitrogens is 2. The maximum atomic E-state index is 11.7. The van der Waals surface area contributed by atoms with E-state index in [0.717, 1.165) is 0 Å². The summed E-state index contributed by atoms with van der Waals surface area (Å²) in [6.07, 6.45) is 0. The van der Waals surface area contributed by atoms with E-state index in [1.165, 1.54) is 14.2 Å². The van der Waals surface area contributed by atoms with E-state index in [1.807, 2.05) is 0 Å². The minimum absolute atomic E-state index is 0.163. The number of aromatic amines is 1. The lowest BCUT2D eigenvalue weighted by Gasteiger charge is -2.12. The molecule has 8 nitrogen and oxygen atoms in total. The van der Waals surface area contributed by atoms with Gasteiger partial charge in [0.2, 0.25) is 5.69 Å². The Morgan fingerprint density at radius 1 is 1.30 bits per heavy atom. The van der Waals surface area contributed by atoms with Gasteiger partial charge in [0.25, 0.3) is 5.56 Å². The lowest BCUT2D eigenvalue weighted by Crippen LogP contribution is -2.12. The van der Waals surface area contributed by atoms with Gasteiger partial charge in [0, 0.05) is 0 Å². The first kappa shape index (κ1) is 13.5. The van der Waals surface area contributed by atoms with Gasteiger partial charge in [-0.1, -0.05) is 6.07 Å². The number of rotatable bonds is 4. The number of nitrogens with zero attached hydrogens (tertiary/aromatic N) is 2. The minimum atomic E-state index is -0.715. The highest BCUT2D eigenvalue weighted by atomic mass is 16.5. The number of hydrogen-bond acceptors (Lipinski definition) is 7. The number of nitrogen functional groups attached to an aromatic ring is 1. The summed E-state index contributed by atoms with van der Waals surface area (Å²) in [5, 5.41) is 2.54. The van der Waals surface area contributed by atoms with Crippen molar-refractivity contribution in [3.05, 3.63) is 33.5 Å². The Balaban J connectivity index is 2.69. The Morgan fingerprint density at radius 2 is 2.05 bits per heavy atom. The van der Waals surface area contributed by atoms with Crippen molar-refractivity contribution in [2.75, 3.05) is 20.0 Å². The summed E-state index contributed by atoms with van der Waals surface area (Å²) < 4.78 is 10.4. The molecule has 8 heteroatoms. The van der Waals surface area contributed by atoms with Crippen molar-refractivity contribution in [2.24, 2.45) is 5.18 Å². The summed E-state index contributed by atoms with van der Waals surface area (Å²) in [4.78, 5) is 28.5. The molecule has 0 aliphatic rings. The van der Waals surface area contributed by atoms with E-state index in [0.29, 0.717) is 17.1 Å². The third-order valence-electron chi connectivity index (χ3n) is 2.67. The molecule has 104 valence electrons. The monoisotopic (exact) mass is 276 g/mol. The summed E-state index contributed by atoms with van der Waals surface area (Å²) >= 11 is 0. The van der Waals surface area contributed by atoms with Crippen LogP contribution >= 0.6 is 0 Å². The van der Waals surface area contributed by atoms with Crippen LogP contribution in [-0.4, -0.2) is 24.2 Å². The van der Waals surface area contributed by atoms with Crippen LogP contribution in [0.3, 0.4) is 0 Å². The zero-order valence-corrected chi connectivity index (χ0v) is 10.8. The Hall–Kier alpha value is -2.90. The second kappa shape index (κ2) is 5.39. The maximum absolute atomic E-state index is 11.7. The molecule has 0 atom stereocenters. The lowest BCUT2D eigenvalue weighted by molar-refractivity contribution is 0.356. The zero-order chi connectivity index (χ0) is 14.7. The third kappa shape index (κ3) is 2.18. The first-order valence-electron chi connectivity index (χ1n) is 5.56. The molecule has 0 bridgehead atoms. The summed E-state index contributed by atoms with van der Waals surface area (Å²) in [7, 11) is 2.95. The molecule has 0 radical (unpaired) electrons. The average Bonchev–Trinajstić information content (AvgIpc) is 2.45. The molecule has 0 aliphatic heterocycles. The van der Waals surface area contributed by atoms with E-state index >= 15 is 0 Å². The van der Waals surface area contributed by atoms with Gasteiger partial charge in [0.15, 0.2) is 17.3 Å². The molecular weight excluding hydrogens is 264 g/mol. The van der Waals surface area contributed by atoms with Gasteiger partial charge in [0.05, 0.1) is 19.8 Å². The molecule has 20 heavy (non-hydrogen) atoms. The lowest BCUT2D eigenvalue weighted by atomic mass is 10.1. The van der Waals surface area contributed by atoms with E-state index in [2.05, 4.69) is 15.1 Å². The first-order chi connectivity index (χ1) is 9.62. The highest BCUT2D eigenvalue weighted by molar-refractivity contribution is 5.71. The van der Waals surface area contributed by atoms with Gasteiger partial charge in [-0.15, -0.1) is 4.91 Å². The van der Waals surface area contributed by atoms with E-state index in [4.69, 9.17) is 15.2 Å². The fourth-order valence-electron chi connectivity index (χ4n) is 1.77. The molecule has 3 N–H and O–H groups in total. The molecule has 1 heterocycles. The quantitative estimate of drug-likeness (QED) is 0.815. The molecular formula is C12H12N4O4. The largest absolute Gasteiger partial charge is 0.493 e. The molecule has 1 aromatic carbocycles. The third-order valence-corrected chi connectivity index (χ3v) is 2.67. The fourth-order valence-corrected chi connectivity index (χ4v) is 1.77. The molecule has 2 aromatic rings. The summed E-state index contributed by atoms with van der Waals surface area (Å²) in [6.45, 7) is 0. The molecule has 0 amide bonds. The first-order valence-corrected chi connectivity index (χ1v) is 5.56. The molecule has 0 saturated carbocycles. The summed E-state index contributed by atoms with van der Waals surface area (Å²) in [5.74, 6) is 0.785. The second-order valence-electron chi connectivity index (χ2n) is 3.78. The smallest absolute Gasteiger partial charge is 0.282 e. The van der Waals surface area contributed by atoms with E-state index in [1.54, 1.807) is 18.2 Å². The number of hydrogen-bond donors (Lipinski definition) is 2. The normalized spacial score (nSPS) is 10.1. The van der Waals surface area contributed by atoms with E-state index < -0.39 is 11.2 Å². The van der Waals surface area contributed by atoms with Gasteiger partial charge >= 0.3 is 0 Å². The van der Waals surface area contributed by atoms with E-state index in [9.17, 15) is 9.70 Å². The van der Waals surface area contributed by atoms with Gasteiger partial charge in [0.1, 0.15) is 5.82 Å². The standard InChI is InChI=1S/C12H12N4O4/c1-19-7-5-3-4-6(9(7)20-2)11-14-10(13)8(16-18)12(17)15-11/h3-5H,1-2H3,(H3,13,14,15,17). The van der Waals surface area contributed by atoms with Crippen molar-refractivity contribution < 1.29 is 9.47 Å². The molecule has 1 aromatic heterocycles. The predicted octanol–water partition coefficient (Wildman–Crippen LogP) is 1.43. The average molecular weight is 276 g/mol. The molecule has 0 unspecified atom stereocenters. The fraction of sp³-hybridized carbons (Fsp3) is 0.167. The Morgan fingerprint density at radius 3 is 2.60 bits per heavy atom. The summed E-state index contributed by atoms with van der Waals surface area (Å²) in [5.41, 5.74) is 4.85. The molecule has 0 fully saturated rings. The van der Waals surface area contributed by atoms with Crippen LogP contribution in [0.1, 0.15) is 0 Å². The van der Waals surface area contributed by atoms with Crippen molar-refractivity contribution in [2.45, 2.75) is 0 Å². The number of H-pyrrole nitrogens is 1. The van der Waals surface area contributed by atoms with Crippen LogP contribution in [0.15, 0.2) is 28.2 Å². The maximum Gasteiger partial charge on any atom is 0.282 e. The number of nitrogens with two attached hydrogens (primary N) is 1. The molecule has 0 aliphatic carbocycles. The predicted molar refractivity (Wildman–Crippen MR) is 73.3 cm³/mol. The number of para-hydroxylation sites is 1. The van der Waals surface area contributed by atoms with Crippen LogP contribution in [0.2, 0.25) is 0 Å². The van der Waals surface area contributed by atoms with Gasteiger partial charge < -0.3 is 20.2 Å². The minimum Gasteiger partial charge on any atom is -0.493 e. The number of nitroso groups, excluding NO2 is 1. The van der Waals surface area contributed by atoms with Crippen molar-refractivity contribution in [1.82, 2.24) is 9.97 Å². The van der Waals surface area contributed by atoms with Crippen molar-refractivity contribution in [1.29, 1.82) is 0 Å². The topological polar surface area (TPSA) is 120 Å². The van der Waals surface area contributed by atoms with Crippen molar-refractivity contribution in [3.8, 4) is 22.9 Å². The number of ether oxygens (including phenoxy) is 2. The second-order valence-corrected chi connectivity index (χ2v) is 3.78. The van der Waals surface area contributed by atoms with Gasteiger partial charge in [-0.3, -0.25) is 4.79 Å². The van der Waals surface area contributed by atoms with E-state index in [-0.39, 0.29) is 11.6 Å². The zero-order valence-electron chi connectivity index (χ0n) is 10.8. The van der Waals surface area contributed by atoms with Crippen LogP contribution < -0.4 is 20.8 Å². The van der Waals surface area contributed by atoms with Crippen LogP contribution in [-0.2, 0) is 0 Å². The van der Waals surface area contributed by atoms with Crippen LogP contribution in [0.5, 0.6) is 11.5 Å². The van der Waals surface area contributed by atoms with Crippen LogP contribution in [0.4, 0.5) is 11.5 Å². The molecule has 0 saturated heterocycles. The molecule has 2 rings (SSSR count). The number of anilines is 1. The van der Waals surface area contributed by atoms with Crippen LogP contribution in [0.25, 0.3) is 11.4 Å². The van der Waals surface area contributed by atoms with Gasteiger partial charge in [-0.2, -0.15) is 0 Å². The molecule has 0 spiro atoms. The van der Waals surface area contributed by atoms with Gasteiger partial charge in [-0.05, 0) is 17.3 Å². The number of methoxy groups -OCH3 is 2. The number of benzene rings is 1. The highest BCUT2D eigenvalue weighted by Gasteiger charge is 2.16. The van der Waals surface area contributed by atoms with Crippen molar-refractivity contribution in [3.63, 3.8) is 0 Å². The van der Waals surface area contributed by atoms with Gasteiger partial charge in [-0.25, -0.2) is 4.98 Å². The summed E-state index contributed by atoms with van der Waals surface area (Å²) in [6, 6.07) is 5.08. The van der Waals surface area contributed by atoms with Crippen LogP contribution in [0, 0.1) is 4.91 Å². The highest BCUT2D eigenvalue weighted by Crippen LogP contribution is 2.36. The van der Waals surface area contributed by atoms with Crippen molar-refractivity contribution >= 4 is 11.5 Å². The Kier molecular flexibility index (Phi) is 3.65. The SMILES string of the molecule is COc1cccc(-c2nc(N)c(N=O)c(=O)[nH]2)c1OC.